The molecule has 0 spiro atoms. The zero-order chi connectivity index (χ0) is 18.8. The third kappa shape index (κ3) is 4.36. The van der Waals surface area contributed by atoms with Crippen molar-refractivity contribution in [2.45, 2.75) is 62.9 Å². The van der Waals surface area contributed by atoms with Crippen LogP contribution in [0.4, 0.5) is 0 Å². The van der Waals surface area contributed by atoms with Gasteiger partial charge in [-0.25, -0.2) is 8.42 Å². The van der Waals surface area contributed by atoms with Gasteiger partial charge in [-0.2, -0.15) is 4.31 Å². The largest absolute Gasteiger partial charge is 0.339 e. The summed E-state index contributed by atoms with van der Waals surface area (Å²) in [4.78, 5) is 14.7. The van der Waals surface area contributed by atoms with Gasteiger partial charge in [0.25, 0.3) is 5.91 Å². The van der Waals surface area contributed by atoms with Gasteiger partial charge < -0.3 is 4.90 Å². The molecule has 0 bridgehead atoms. The molecular formula is C18H27ClN2O3S. The molecule has 140 valence electrons. The van der Waals surface area contributed by atoms with Gasteiger partial charge in [0.15, 0.2) is 0 Å². The van der Waals surface area contributed by atoms with E-state index in [1.54, 1.807) is 25.8 Å². The van der Waals surface area contributed by atoms with Gasteiger partial charge in [-0.3, -0.25) is 4.79 Å². The Balaban J connectivity index is 2.34. The maximum atomic E-state index is 12.9. The quantitative estimate of drug-likeness (QED) is 0.773. The minimum Gasteiger partial charge on any atom is -0.339 e. The summed E-state index contributed by atoms with van der Waals surface area (Å²) in [6.45, 7) is 3.60. The Morgan fingerprint density at radius 1 is 1.16 bits per heavy atom. The average Bonchev–Trinajstić information content (AvgIpc) is 2.60. The van der Waals surface area contributed by atoms with Crippen LogP contribution in [0.1, 0.15) is 56.3 Å². The molecule has 0 heterocycles. The summed E-state index contributed by atoms with van der Waals surface area (Å²) in [7, 11) is -0.352. The van der Waals surface area contributed by atoms with E-state index in [0.29, 0.717) is 0 Å². The van der Waals surface area contributed by atoms with Crippen LogP contribution in [0, 0.1) is 0 Å². The second-order valence-corrected chi connectivity index (χ2v) is 9.37. The van der Waals surface area contributed by atoms with Crippen LogP contribution in [0.5, 0.6) is 0 Å². The van der Waals surface area contributed by atoms with Gasteiger partial charge in [0, 0.05) is 26.2 Å². The van der Waals surface area contributed by atoms with Crippen LogP contribution < -0.4 is 0 Å². The summed E-state index contributed by atoms with van der Waals surface area (Å²) in [6.07, 6.45) is 5.39. The fourth-order valence-corrected chi connectivity index (χ4v) is 4.69. The highest BCUT2D eigenvalue weighted by Crippen LogP contribution is 2.27. The number of hydrogen-bond acceptors (Lipinski definition) is 3. The van der Waals surface area contributed by atoms with Crippen molar-refractivity contribution in [3.63, 3.8) is 0 Å². The Labute approximate surface area is 156 Å². The molecule has 1 aromatic carbocycles. The van der Waals surface area contributed by atoms with Crippen molar-refractivity contribution < 1.29 is 13.2 Å². The van der Waals surface area contributed by atoms with Crippen molar-refractivity contribution >= 4 is 27.5 Å². The number of amides is 1. The molecule has 1 amide bonds. The lowest BCUT2D eigenvalue weighted by Gasteiger charge is -2.31. The van der Waals surface area contributed by atoms with Crippen LogP contribution in [-0.4, -0.2) is 49.7 Å². The molecule has 0 radical (unpaired) electrons. The van der Waals surface area contributed by atoms with E-state index in [2.05, 4.69) is 0 Å². The molecule has 0 saturated heterocycles. The first-order valence-electron chi connectivity index (χ1n) is 8.71. The molecule has 1 aromatic rings. The predicted molar refractivity (Wildman–Crippen MR) is 101 cm³/mol. The third-order valence-corrected chi connectivity index (χ3v) is 7.37. The first kappa shape index (κ1) is 20.2. The van der Waals surface area contributed by atoms with Crippen LogP contribution in [0.2, 0.25) is 5.02 Å². The fourth-order valence-electron chi connectivity index (χ4n) is 3.10. The van der Waals surface area contributed by atoms with Crippen LogP contribution in [-0.2, 0) is 10.0 Å². The molecule has 7 heteroatoms. The van der Waals surface area contributed by atoms with E-state index < -0.39 is 10.0 Å². The maximum absolute atomic E-state index is 12.9. The smallest absolute Gasteiger partial charge is 0.255 e. The molecule has 1 saturated carbocycles. The number of carbonyl (C=O) groups is 1. The number of benzene rings is 1. The molecule has 0 N–H and O–H groups in total. The van der Waals surface area contributed by atoms with E-state index in [4.69, 9.17) is 11.6 Å². The van der Waals surface area contributed by atoms with E-state index >= 15 is 0 Å². The minimum absolute atomic E-state index is 0.0912. The van der Waals surface area contributed by atoms with Crippen molar-refractivity contribution in [2.75, 3.05) is 14.1 Å². The Bertz CT molecular complexity index is 728. The summed E-state index contributed by atoms with van der Waals surface area (Å²) in [5, 5.41) is 0.277. The second-order valence-electron chi connectivity index (χ2n) is 6.96. The Morgan fingerprint density at radius 2 is 1.76 bits per heavy atom. The van der Waals surface area contributed by atoms with Gasteiger partial charge in [-0.05, 0) is 44.9 Å². The third-order valence-electron chi connectivity index (χ3n) is 5.02. The zero-order valence-electron chi connectivity index (χ0n) is 15.3. The highest BCUT2D eigenvalue weighted by molar-refractivity contribution is 7.89. The van der Waals surface area contributed by atoms with Gasteiger partial charge in [-0.1, -0.05) is 30.9 Å². The highest BCUT2D eigenvalue weighted by Gasteiger charge is 2.28. The van der Waals surface area contributed by atoms with Crippen LogP contribution in [0.15, 0.2) is 23.1 Å². The van der Waals surface area contributed by atoms with Gasteiger partial charge in [-0.15, -0.1) is 0 Å². The monoisotopic (exact) mass is 386 g/mol. The lowest BCUT2D eigenvalue weighted by atomic mass is 9.94. The topological polar surface area (TPSA) is 57.7 Å². The molecule has 25 heavy (non-hydrogen) atoms. The van der Waals surface area contributed by atoms with E-state index in [0.717, 1.165) is 25.7 Å². The second kappa shape index (κ2) is 8.06. The molecule has 1 fully saturated rings. The lowest BCUT2D eigenvalue weighted by molar-refractivity contribution is 0.0696. The molecule has 1 aliphatic rings. The summed E-state index contributed by atoms with van der Waals surface area (Å²) < 4.78 is 26.7. The van der Waals surface area contributed by atoms with Gasteiger partial charge in [0.05, 0.1) is 15.5 Å². The number of sulfonamides is 1. The summed E-state index contributed by atoms with van der Waals surface area (Å²) in [5.41, 5.74) is 0.243. The normalized spacial score (nSPS) is 16.4. The first-order valence-corrected chi connectivity index (χ1v) is 10.5. The molecular weight excluding hydrogens is 360 g/mol. The van der Waals surface area contributed by atoms with E-state index in [9.17, 15) is 13.2 Å². The predicted octanol–water partition coefficient (Wildman–Crippen LogP) is 3.77. The molecule has 0 aromatic heterocycles. The van der Waals surface area contributed by atoms with E-state index in [1.165, 1.54) is 36.0 Å². The van der Waals surface area contributed by atoms with Gasteiger partial charge in [0.2, 0.25) is 10.0 Å². The summed E-state index contributed by atoms with van der Waals surface area (Å²) >= 11 is 6.21. The average molecular weight is 387 g/mol. The molecule has 2 rings (SSSR count). The number of halogens is 1. The molecule has 0 unspecified atom stereocenters. The number of hydrogen-bond donors (Lipinski definition) is 0. The molecule has 5 nitrogen and oxygen atoms in total. The molecule has 1 aliphatic carbocycles. The van der Waals surface area contributed by atoms with Crippen LogP contribution >= 0.6 is 11.6 Å². The van der Waals surface area contributed by atoms with E-state index in [-0.39, 0.29) is 33.5 Å². The van der Waals surface area contributed by atoms with Crippen molar-refractivity contribution in [1.29, 1.82) is 0 Å². The van der Waals surface area contributed by atoms with Crippen molar-refractivity contribution in [2.24, 2.45) is 0 Å². The van der Waals surface area contributed by atoms with Gasteiger partial charge >= 0.3 is 0 Å². The number of nitrogens with zero attached hydrogens (tertiary/aromatic N) is 2. The number of rotatable bonds is 5. The zero-order valence-corrected chi connectivity index (χ0v) is 16.9. The SMILES string of the molecule is CC(C)N(C)S(=O)(=O)c1ccc(Cl)c(C(=O)N(C)C2CCCCC2)c1. The highest BCUT2D eigenvalue weighted by atomic mass is 35.5. The number of carbonyl (C=O) groups excluding carboxylic acids is 1. The van der Waals surface area contributed by atoms with Crippen molar-refractivity contribution in [1.82, 2.24) is 9.21 Å². The van der Waals surface area contributed by atoms with Crippen molar-refractivity contribution in [3.8, 4) is 0 Å². The molecule has 0 aliphatic heterocycles. The van der Waals surface area contributed by atoms with E-state index in [1.807, 2.05) is 0 Å². The summed E-state index contributed by atoms with van der Waals surface area (Å²) in [5.74, 6) is -0.221. The van der Waals surface area contributed by atoms with Crippen LogP contribution in [0.3, 0.4) is 0 Å². The Morgan fingerprint density at radius 3 is 2.32 bits per heavy atom. The standard InChI is InChI=1S/C18H27ClN2O3S/c1-13(2)21(4)25(23,24)15-10-11-17(19)16(12-15)18(22)20(3)14-8-6-5-7-9-14/h10-14H,5-9H2,1-4H3. The molecule has 0 atom stereocenters. The van der Waals surface area contributed by atoms with Crippen molar-refractivity contribution in [3.05, 3.63) is 28.8 Å². The minimum atomic E-state index is -3.66. The lowest BCUT2D eigenvalue weighted by Crippen LogP contribution is -2.38. The maximum Gasteiger partial charge on any atom is 0.255 e. The first-order chi connectivity index (χ1) is 11.7. The Hall–Kier alpha value is -1.11. The summed E-state index contributed by atoms with van der Waals surface area (Å²) in [6, 6.07) is 4.36. The Kier molecular flexibility index (Phi) is 6.51. The fraction of sp³-hybridized carbons (Fsp3) is 0.611. The van der Waals surface area contributed by atoms with Gasteiger partial charge in [0.1, 0.15) is 0 Å². The van der Waals surface area contributed by atoms with Crippen LogP contribution in [0.25, 0.3) is 0 Å².